The third kappa shape index (κ3) is 1.85. The minimum absolute atomic E-state index is 0.481. The Hall–Kier alpha value is -0.990. The summed E-state index contributed by atoms with van der Waals surface area (Å²) in [5, 5.41) is 5.71. The first-order valence-electron chi connectivity index (χ1n) is 6.33. The lowest BCUT2D eigenvalue weighted by Gasteiger charge is -2.23. The number of halogens is 1. The zero-order valence-corrected chi connectivity index (χ0v) is 10.8. The highest BCUT2D eigenvalue weighted by molar-refractivity contribution is 6.31. The van der Waals surface area contributed by atoms with Gasteiger partial charge in [-0.1, -0.05) is 24.9 Å². The van der Waals surface area contributed by atoms with Gasteiger partial charge in [-0.05, 0) is 43.1 Å². The van der Waals surface area contributed by atoms with Crippen LogP contribution in [0.25, 0.3) is 10.9 Å². The van der Waals surface area contributed by atoms with Crippen LogP contribution in [0.15, 0.2) is 18.2 Å². The maximum atomic E-state index is 6.09. The quantitative estimate of drug-likeness (QED) is 0.831. The average molecular weight is 249 g/mol. The van der Waals surface area contributed by atoms with Gasteiger partial charge in [0.25, 0.3) is 0 Å². The molecule has 1 aromatic heterocycles. The number of aromatic nitrogens is 1. The van der Waals surface area contributed by atoms with Crippen LogP contribution in [0.3, 0.4) is 0 Å². The molecule has 0 amide bonds. The van der Waals surface area contributed by atoms with Crippen molar-refractivity contribution >= 4 is 22.5 Å². The van der Waals surface area contributed by atoms with E-state index in [4.69, 9.17) is 11.6 Å². The van der Waals surface area contributed by atoms with Gasteiger partial charge >= 0.3 is 0 Å². The van der Waals surface area contributed by atoms with E-state index in [0.717, 1.165) is 18.0 Å². The van der Waals surface area contributed by atoms with Gasteiger partial charge in [0.2, 0.25) is 0 Å². The highest BCUT2D eigenvalue weighted by Crippen LogP contribution is 2.33. The SMILES string of the molecule is CCCC1NCCc2c1[nH]c1ccc(Cl)cc21. The van der Waals surface area contributed by atoms with Gasteiger partial charge in [-0.15, -0.1) is 0 Å². The standard InChI is InChI=1S/C14H17ClN2/c1-2-3-13-14-10(6-7-16-13)11-8-9(15)4-5-12(11)17-14/h4-5,8,13,16-17H,2-3,6-7H2,1H3. The number of fused-ring (bicyclic) bond motifs is 3. The minimum atomic E-state index is 0.481. The highest BCUT2D eigenvalue weighted by Gasteiger charge is 2.22. The van der Waals surface area contributed by atoms with Crippen molar-refractivity contribution in [2.24, 2.45) is 0 Å². The molecular formula is C14H17ClN2. The summed E-state index contributed by atoms with van der Waals surface area (Å²) in [7, 11) is 0. The summed E-state index contributed by atoms with van der Waals surface area (Å²) in [4.78, 5) is 3.56. The zero-order chi connectivity index (χ0) is 11.8. The molecule has 2 N–H and O–H groups in total. The molecule has 1 aliphatic heterocycles. The molecule has 0 saturated carbocycles. The maximum absolute atomic E-state index is 6.09. The fraction of sp³-hybridized carbons (Fsp3) is 0.429. The molecule has 3 rings (SSSR count). The van der Waals surface area contributed by atoms with E-state index in [2.05, 4.69) is 29.4 Å². The van der Waals surface area contributed by atoms with Crippen LogP contribution in [0, 0.1) is 0 Å². The van der Waals surface area contributed by atoms with E-state index in [1.165, 1.54) is 35.0 Å². The van der Waals surface area contributed by atoms with Crippen LogP contribution < -0.4 is 5.32 Å². The molecule has 1 unspecified atom stereocenters. The van der Waals surface area contributed by atoms with Crippen molar-refractivity contribution in [1.82, 2.24) is 10.3 Å². The Labute approximate surface area is 106 Å². The van der Waals surface area contributed by atoms with E-state index < -0.39 is 0 Å². The normalized spacial score (nSPS) is 19.5. The van der Waals surface area contributed by atoms with Crippen LogP contribution in [0.1, 0.15) is 37.1 Å². The zero-order valence-electron chi connectivity index (χ0n) is 10.0. The number of nitrogens with one attached hydrogen (secondary N) is 2. The molecule has 1 aliphatic rings. The predicted molar refractivity (Wildman–Crippen MR) is 72.7 cm³/mol. The molecule has 0 saturated heterocycles. The molecule has 0 fully saturated rings. The molecule has 1 aromatic carbocycles. The molecule has 0 radical (unpaired) electrons. The molecule has 1 atom stereocenters. The first kappa shape index (κ1) is 11.1. The van der Waals surface area contributed by atoms with Gasteiger partial charge in [0, 0.05) is 27.7 Å². The lowest BCUT2D eigenvalue weighted by Crippen LogP contribution is -2.29. The Bertz CT molecular complexity index is 544. The van der Waals surface area contributed by atoms with Crippen LogP contribution in [-0.4, -0.2) is 11.5 Å². The molecule has 0 aliphatic carbocycles. The number of aromatic amines is 1. The van der Waals surface area contributed by atoms with Gasteiger partial charge in [0.15, 0.2) is 0 Å². The Morgan fingerprint density at radius 2 is 2.29 bits per heavy atom. The Morgan fingerprint density at radius 3 is 3.12 bits per heavy atom. The predicted octanol–water partition coefficient (Wildman–Crippen LogP) is 3.81. The molecular weight excluding hydrogens is 232 g/mol. The van der Waals surface area contributed by atoms with Crippen molar-refractivity contribution in [3.8, 4) is 0 Å². The third-order valence-corrected chi connectivity index (χ3v) is 3.83. The van der Waals surface area contributed by atoms with E-state index >= 15 is 0 Å². The average Bonchev–Trinajstić information content (AvgIpc) is 2.69. The summed E-state index contributed by atoms with van der Waals surface area (Å²) in [6.45, 7) is 3.30. The van der Waals surface area contributed by atoms with Crippen LogP contribution in [0.4, 0.5) is 0 Å². The molecule has 0 bridgehead atoms. The van der Waals surface area contributed by atoms with Crippen molar-refractivity contribution < 1.29 is 0 Å². The van der Waals surface area contributed by atoms with Gasteiger partial charge in [-0.2, -0.15) is 0 Å². The first-order chi connectivity index (χ1) is 8.29. The van der Waals surface area contributed by atoms with Crippen molar-refractivity contribution in [2.45, 2.75) is 32.2 Å². The number of benzene rings is 1. The second-order valence-electron chi connectivity index (χ2n) is 4.75. The number of rotatable bonds is 2. The summed E-state index contributed by atoms with van der Waals surface area (Å²) in [6.07, 6.45) is 3.48. The summed E-state index contributed by atoms with van der Waals surface area (Å²) < 4.78 is 0. The summed E-state index contributed by atoms with van der Waals surface area (Å²) in [5.41, 5.74) is 4.04. The fourth-order valence-electron chi connectivity index (χ4n) is 2.82. The number of H-pyrrole nitrogens is 1. The van der Waals surface area contributed by atoms with Gasteiger partial charge in [-0.25, -0.2) is 0 Å². The second-order valence-corrected chi connectivity index (χ2v) is 5.19. The van der Waals surface area contributed by atoms with Crippen LogP contribution in [0.2, 0.25) is 5.02 Å². The monoisotopic (exact) mass is 248 g/mol. The summed E-state index contributed by atoms with van der Waals surface area (Å²) >= 11 is 6.09. The lowest BCUT2D eigenvalue weighted by molar-refractivity contribution is 0.464. The molecule has 3 heteroatoms. The molecule has 2 heterocycles. The van der Waals surface area contributed by atoms with Crippen LogP contribution in [-0.2, 0) is 6.42 Å². The lowest BCUT2D eigenvalue weighted by atomic mass is 9.97. The Kier molecular flexibility index (Phi) is 2.85. The van der Waals surface area contributed by atoms with E-state index in [9.17, 15) is 0 Å². The second kappa shape index (κ2) is 4.35. The minimum Gasteiger partial charge on any atom is -0.357 e. The van der Waals surface area contributed by atoms with Crippen molar-refractivity contribution in [3.05, 3.63) is 34.5 Å². The molecule has 2 nitrogen and oxygen atoms in total. The van der Waals surface area contributed by atoms with E-state index in [0.29, 0.717) is 6.04 Å². The maximum Gasteiger partial charge on any atom is 0.0476 e. The van der Waals surface area contributed by atoms with Crippen molar-refractivity contribution in [3.63, 3.8) is 0 Å². The molecule has 2 aromatic rings. The van der Waals surface area contributed by atoms with E-state index in [1.54, 1.807) is 0 Å². The summed E-state index contributed by atoms with van der Waals surface area (Å²) in [6, 6.07) is 6.60. The van der Waals surface area contributed by atoms with Gasteiger partial charge in [-0.3, -0.25) is 0 Å². The highest BCUT2D eigenvalue weighted by atomic mass is 35.5. The summed E-state index contributed by atoms with van der Waals surface area (Å²) in [5.74, 6) is 0. The topological polar surface area (TPSA) is 27.8 Å². The fourth-order valence-corrected chi connectivity index (χ4v) is 2.99. The van der Waals surface area contributed by atoms with Crippen LogP contribution >= 0.6 is 11.6 Å². The van der Waals surface area contributed by atoms with Gasteiger partial charge in [0.1, 0.15) is 0 Å². The van der Waals surface area contributed by atoms with Gasteiger partial charge < -0.3 is 10.3 Å². The van der Waals surface area contributed by atoms with Gasteiger partial charge in [0.05, 0.1) is 0 Å². The first-order valence-corrected chi connectivity index (χ1v) is 6.70. The van der Waals surface area contributed by atoms with Crippen molar-refractivity contribution in [2.75, 3.05) is 6.54 Å². The smallest absolute Gasteiger partial charge is 0.0476 e. The van der Waals surface area contributed by atoms with Crippen LogP contribution in [0.5, 0.6) is 0 Å². The molecule has 17 heavy (non-hydrogen) atoms. The van der Waals surface area contributed by atoms with Crippen molar-refractivity contribution in [1.29, 1.82) is 0 Å². The molecule has 0 spiro atoms. The third-order valence-electron chi connectivity index (χ3n) is 3.59. The Morgan fingerprint density at radius 1 is 1.41 bits per heavy atom. The largest absolute Gasteiger partial charge is 0.357 e. The van der Waals surface area contributed by atoms with E-state index in [-0.39, 0.29) is 0 Å². The van der Waals surface area contributed by atoms with E-state index in [1.807, 2.05) is 6.07 Å². The molecule has 90 valence electrons. The Balaban J connectivity index is 2.15. The number of hydrogen-bond donors (Lipinski definition) is 2. The number of hydrogen-bond acceptors (Lipinski definition) is 1.